The molecule has 2 unspecified atom stereocenters. The van der Waals surface area contributed by atoms with Crippen molar-refractivity contribution in [3.05, 3.63) is 0 Å². The number of halogens is 1. The van der Waals surface area contributed by atoms with Gasteiger partial charge in [0, 0.05) is 0 Å². The summed E-state index contributed by atoms with van der Waals surface area (Å²) >= 11 is 3.34. The maximum atomic E-state index is 5.17. The van der Waals surface area contributed by atoms with Crippen LogP contribution in [-0.4, -0.2) is 10.6 Å². The highest BCUT2D eigenvalue weighted by Crippen LogP contribution is 2.42. The van der Waals surface area contributed by atoms with Crippen LogP contribution in [0.5, 0.6) is 0 Å². The number of rotatable bonds is 1. The molecule has 1 fully saturated rings. The molecule has 0 aromatic carbocycles. The molecule has 0 saturated carbocycles. The lowest BCUT2D eigenvalue weighted by Crippen LogP contribution is -2.02. The number of alkyl halides is 1. The summed E-state index contributed by atoms with van der Waals surface area (Å²) in [6, 6.07) is 0. The topological polar surface area (TPSA) is 12.5 Å². The molecule has 0 amide bonds. The summed E-state index contributed by atoms with van der Waals surface area (Å²) in [4.78, 5) is 0. The van der Waals surface area contributed by atoms with Crippen LogP contribution in [0, 0.1) is 0 Å². The predicted octanol–water partition coefficient (Wildman–Crippen LogP) is 1.91. The van der Waals surface area contributed by atoms with Gasteiger partial charge in [-0.15, -0.1) is 0 Å². The summed E-state index contributed by atoms with van der Waals surface area (Å²) in [7, 11) is 0. The summed E-state index contributed by atoms with van der Waals surface area (Å²) in [6.45, 7) is 4.23. The summed E-state index contributed by atoms with van der Waals surface area (Å²) in [5, 5.41) is 0.324. The van der Waals surface area contributed by atoms with Gasteiger partial charge in [-0.2, -0.15) is 0 Å². The van der Waals surface area contributed by atoms with Crippen LogP contribution in [0.1, 0.15) is 20.3 Å². The van der Waals surface area contributed by atoms with Crippen molar-refractivity contribution in [2.45, 2.75) is 30.9 Å². The van der Waals surface area contributed by atoms with Crippen molar-refractivity contribution in [2.75, 3.05) is 0 Å². The molecular weight excluding hydrogens is 156 g/mol. The zero-order chi connectivity index (χ0) is 5.49. The summed E-state index contributed by atoms with van der Waals surface area (Å²) in [5.74, 6) is 0. The molecule has 0 aromatic heterocycles. The monoisotopic (exact) mass is 164 g/mol. The molecule has 1 nitrogen and oxygen atoms in total. The van der Waals surface area contributed by atoms with E-state index in [2.05, 4.69) is 29.8 Å². The maximum absolute atomic E-state index is 5.17. The van der Waals surface area contributed by atoms with Crippen molar-refractivity contribution >= 4 is 15.9 Å². The highest BCUT2D eigenvalue weighted by atomic mass is 79.9. The van der Waals surface area contributed by atoms with Gasteiger partial charge in [-0.3, -0.25) is 0 Å². The van der Waals surface area contributed by atoms with E-state index in [0.717, 1.165) is 6.42 Å². The quantitative estimate of drug-likeness (QED) is 0.427. The van der Waals surface area contributed by atoms with Gasteiger partial charge in [0.05, 0.1) is 0 Å². The lowest BCUT2D eigenvalue weighted by molar-refractivity contribution is 0.314. The van der Waals surface area contributed by atoms with E-state index >= 15 is 0 Å². The number of ether oxygens (including phenoxy) is 1. The molecule has 42 valence electrons. The first kappa shape index (κ1) is 5.57. The summed E-state index contributed by atoms with van der Waals surface area (Å²) < 4.78 is 5.17. The van der Waals surface area contributed by atoms with E-state index in [9.17, 15) is 0 Å². The third-order valence-electron chi connectivity index (χ3n) is 1.50. The molecule has 0 aromatic rings. The van der Waals surface area contributed by atoms with Crippen LogP contribution in [0.25, 0.3) is 0 Å². The second-order valence-electron chi connectivity index (χ2n) is 2.10. The van der Waals surface area contributed by atoms with Gasteiger partial charge in [0.1, 0.15) is 10.6 Å². The summed E-state index contributed by atoms with van der Waals surface area (Å²) in [5.41, 5.74) is 0.167. The highest BCUT2D eigenvalue weighted by Gasteiger charge is 2.48. The maximum Gasteiger partial charge on any atom is 0.141 e. The second-order valence-corrected chi connectivity index (χ2v) is 2.93. The SMILES string of the molecule is CCC1(C)OC1Br. The van der Waals surface area contributed by atoms with E-state index in [-0.39, 0.29) is 5.60 Å². The van der Waals surface area contributed by atoms with Gasteiger partial charge in [0.25, 0.3) is 0 Å². The van der Waals surface area contributed by atoms with Crippen molar-refractivity contribution in [3.8, 4) is 0 Å². The van der Waals surface area contributed by atoms with E-state index in [1.165, 1.54) is 0 Å². The Morgan fingerprint density at radius 1 is 1.86 bits per heavy atom. The van der Waals surface area contributed by atoms with Crippen LogP contribution in [0.3, 0.4) is 0 Å². The van der Waals surface area contributed by atoms with Gasteiger partial charge in [-0.25, -0.2) is 0 Å². The van der Waals surface area contributed by atoms with Crippen LogP contribution in [0.2, 0.25) is 0 Å². The second kappa shape index (κ2) is 1.46. The van der Waals surface area contributed by atoms with E-state index in [1.807, 2.05) is 0 Å². The molecule has 7 heavy (non-hydrogen) atoms. The van der Waals surface area contributed by atoms with Crippen LogP contribution >= 0.6 is 15.9 Å². The van der Waals surface area contributed by atoms with E-state index in [4.69, 9.17) is 4.74 Å². The van der Waals surface area contributed by atoms with Crippen molar-refractivity contribution in [2.24, 2.45) is 0 Å². The molecule has 1 rings (SSSR count). The summed E-state index contributed by atoms with van der Waals surface area (Å²) in [6.07, 6.45) is 1.10. The third-order valence-corrected chi connectivity index (χ3v) is 2.65. The Hall–Kier alpha value is 0.440. The number of hydrogen-bond donors (Lipinski definition) is 0. The van der Waals surface area contributed by atoms with Gasteiger partial charge in [0.2, 0.25) is 0 Å². The molecule has 2 heteroatoms. The smallest absolute Gasteiger partial charge is 0.141 e. The number of epoxide rings is 1. The zero-order valence-corrected chi connectivity index (χ0v) is 6.16. The molecule has 1 aliphatic rings. The highest BCUT2D eigenvalue weighted by molar-refractivity contribution is 9.09. The number of hydrogen-bond acceptors (Lipinski definition) is 1. The minimum absolute atomic E-state index is 0.167. The van der Waals surface area contributed by atoms with E-state index in [1.54, 1.807) is 0 Å². The third kappa shape index (κ3) is 0.820. The van der Waals surface area contributed by atoms with Crippen molar-refractivity contribution in [1.82, 2.24) is 0 Å². The standard InChI is InChI=1S/C5H9BrO/c1-3-5(2)4(6)7-5/h4H,3H2,1-2H3. The minimum atomic E-state index is 0.167. The van der Waals surface area contributed by atoms with Gasteiger partial charge >= 0.3 is 0 Å². The molecule has 0 bridgehead atoms. The molecule has 2 atom stereocenters. The van der Waals surface area contributed by atoms with Crippen molar-refractivity contribution < 1.29 is 4.74 Å². The largest absolute Gasteiger partial charge is 0.354 e. The van der Waals surface area contributed by atoms with Crippen LogP contribution in [0.15, 0.2) is 0 Å². The lowest BCUT2D eigenvalue weighted by Gasteiger charge is -1.93. The van der Waals surface area contributed by atoms with Crippen LogP contribution < -0.4 is 0 Å². The normalized spacial score (nSPS) is 49.3. The molecule has 0 spiro atoms. The van der Waals surface area contributed by atoms with Gasteiger partial charge in [-0.1, -0.05) is 22.9 Å². The molecule has 1 aliphatic heterocycles. The molecule has 0 radical (unpaired) electrons. The first-order chi connectivity index (χ1) is 3.19. The predicted molar refractivity (Wildman–Crippen MR) is 32.5 cm³/mol. The average Bonchev–Trinajstić information content (AvgIpc) is 2.18. The van der Waals surface area contributed by atoms with Gasteiger partial charge in [-0.05, 0) is 13.3 Å². The fourth-order valence-electron chi connectivity index (χ4n) is 0.446. The van der Waals surface area contributed by atoms with Crippen LogP contribution in [-0.2, 0) is 4.74 Å². The molecule has 0 aliphatic carbocycles. The van der Waals surface area contributed by atoms with Gasteiger partial charge < -0.3 is 4.74 Å². The Kier molecular flexibility index (Phi) is 1.16. The molecule has 0 N–H and O–H groups in total. The van der Waals surface area contributed by atoms with E-state index < -0.39 is 0 Å². The minimum Gasteiger partial charge on any atom is -0.354 e. The van der Waals surface area contributed by atoms with Gasteiger partial charge in [0.15, 0.2) is 0 Å². The van der Waals surface area contributed by atoms with E-state index in [0.29, 0.717) is 5.01 Å². The fourth-order valence-corrected chi connectivity index (χ4v) is 1.20. The average molecular weight is 165 g/mol. The molecule has 1 saturated heterocycles. The van der Waals surface area contributed by atoms with Crippen molar-refractivity contribution in [1.29, 1.82) is 0 Å². The molecule has 1 heterocycles. The van der Waals surface area contributed by atoms with Crippen molar-refractivity contribution in [3.63, 3.8) is 0 Å². The zero-order valence-electron chi connectivity index (χ0n) is 4.57. The Morgan fingerprint density at radius 2 is 2.29 bits per heavy atom. The van der Waals surface area contributed by atoms with Crippen LogP contribution in [0.4, 0.5) is 0 Å². The first-order valence-electron chi connectivity index (χ1n) is 2.51. The lowest BCUT2D eigenvalue weighted by atomic mass is 10.1. The fraction of sp³-hybridized carbons (Fsp3) is 1.00. The Balaban J connectivity index is 2.36. The Bertz CT molecular complexity index is 80.1. The molecular formula is C5H9BrO. The first-order valence-corrected chi connectivity index (χ1v) is 3.42. The Morgan fingerprint density at radius 3 is 2.29 bits per heavy atom. The Labute approximate surface area is 52.2 Å².